The number of hydrogen-bond acceptors (Lipinski definition) is 7. The minimum Gasteiger partial charge on any atom is -0.411 e. The monoisotopic (exact) mass is 410 g/mol. The van der Waals surface area contributed by atoms with Crippen LogP contribution < -0.4 is 5.32 Å². The molecule has 3 rings (SSSR count). The fourth-order valence-electron chi connectivity index (χ4n) is 2.69. The second kappa shape index (κ2) is 10.1. The van der Waals surface area contributed by atoms with Crippen molar-refractivity contribution in [2.24, 2.45) is 0 Å². The number of carbonyl (C=O) groups excluding carboxylic acids is 1. The average molecular weight is 411 g/mol. The molecule has 1 amide bonds. The Bertz CT molecular complexity index is 734. The molecule has 1 atom stereocenters. The van der Waals surface area contributed by atoms with Crippen molar-refractivity contribution in [3.63, 3.8) is 0 Å². The molecule has 0 spiro atoms. The number of nitrogens with zero attached hydrogens (tertiary/aromatic N) is 3. The Kier molecular flexibility index (Phi) is 7.51. The zero-order valence-corrected chi connectivity index (χ0v) is 16.8. The van der Waals surface area contributed by atoms with Crippen LogP contribution in [-0.4, -0.2) is 65.6 Å². The van der Waals surface area contributed by atoms with Gasteiger partial charge in [-0.15, -0.1) is 10.2 Å². The van der Waals surface area contributed by atoms with Crippen molar-refractivity contribution < 1.29 is 13.9 Å². The number of rotatable bonds is 8. The van der Waals surface area contributed by atoms with Crippen molar-refractivity contribution in [3.05, 3.63) is 29.3 Å². The van der Waals surface area contributed by atoms with Gasteiger partial charge in [0.1, 0.15) is 0 Å². The molecule has 9 heteroatoms. The van der Waals surface area contributed by atoms with E-state index in [1.165, 1.54) is 11.8 Å². The molecule has 0 saturated carbocycles. The fraction of sp³-hybridized carbons (Fsp3) is 0.500. The Morgan fingerprint density at radius 3 is 2.78 bits per heavy atom. The molecule has 1 saturated heterocycles. The smallest absolute Gasteiger partial charge is 0.277 e. The lowest BCUT2D eigenvalue weighted by Crippen LogP contribution is -2.40. The molecule has 1 N–H and O–H groups in total. The van der Waals surface area contributed by atoms with E-state index in [1.807, 2.05) is 19.1 Å². The maximum atomic E-state index is 12.1. The van der Waals surface area contributed by atoms with E-state index >= 15 is 0 Å². The summed E-state index contributed by atoms with van der Waals surface area (Å²) in [6.07, 6.45) is 0.914. The van der Waals surface area contributed by atoms with Gasteiger partial charge >= 0.3 is 0 Å². The molecule has 0 aliphatic carbocycles. The molecule has 146 valence electrons. The summed E-state index contributed by atoms with van der Waals surface area (Å²) in [6, 6.07) is 7.27. The van der Waals surface area contributed by atoms with Crippen LogP contribution in [0.25, 0.3) is 11.5 Å². The summed E-state index contributed by atoms with van der Waals surface area (Å²) in [5.41, 5.74) is 0.792. The first kappa shape index (κ1) is 20.1. The van der Waals surface area contributed by atoms with Crippen LogP contribution in [0.4, 0.5) is 0 Å². The predicted molar refractivity (Wildman–Crippen MR) is 105 cm³/mol. The largest absolute Gasteiger partial charge is 0.411 e. The first-order chi connectivity index (χ1) is 13.1. The number of amides is 1. The number of nitrogens with one attached hydrogen (secondary N) is 1. The molecule has 0 radical (unpaired) electrons. The normalized spacial score (nSPS) is 16.2. The van der Waals surface area contributed by atoms with Gasteiger partial charge in [0.15, 0.2) is 0 Å². The van der Waals surface area contributed by atoms with Crippen molar-refractivity contribution in [1.29, 1.82) is 0 Å². The van der Waals surface area contributed by atoms with E-state index in [9.17, 15) is 4.79 Å². The Labute approximate surface area is 167 Å². The highest BCUT2D eigenvalue weighted by Gasteiger charge is 2.15. The van der Waals surface area contributed by atoms with Gasteiger partial charge in [0.2, 0.25) is 11.8 Å². The van der Waals surface area contributed by atoms with Crippen molar-refractivity contribution in [3.8, 4) is 11.5 Å². The Morgan fingerprint density at radius 2 is 2.04 bits per heavy atom. The Morgan fingerprint density at radius 1 is 1.30 bits per heavy atom. The van der Waals surface area contributed by atoms with E-state index in [2.05, 4.69) is 20.4 Å². The Hall–Kier alpha value is -1.61. The Balaban J connectivity index is 1.39. The van der Waals surface area contributed by atoms with Crippen LogP contribution in [0.5, 0.6) is 0 Å². The minimum absolute atomic E-state index is 0.0410. The summed E-state index contributed by atoms with van der Waals surface area (Å²) in [5.74, 6) is 0.610. The van der Waals surface area contributed by atoms with Crippen LogP contribution in [0.1, 0.15) is 13.3 Å². The lowest BCUT2D eigenvalue weighted by Gasteiger charge is -2.27. The van der Waals surface area contributed by atoms with Gasteiger partial charge in [0, 0.05) is 36.3 Å². The van der Waals surface area contributed by atoms with Crippen LogP contribution in [0.3, 0.4) is 0 Å². The number of morpholine rings is 1. The van der Waals surface area contributed by atoms with E-state index in [1.54, 1.807) is 12.1 Å². The first-order valence-electron chi connectivity index (χ1n) is 8.92. The molecule has 2 aromatic rings. The predicted octanol–water partition coefficient (Wildman–Crippen LogP) is 2.71. The summed E-state index contributed by atoms with van der Waals surface area (Å²) in [4.78, 5) is 14.5. The van der Waals surface area contributed by atoms with E-state index in [4.69, 9.17) is 20.8 Å². The van der Waals surface area contributed by atoms with Crippen molar-refractivity contribution in [2.75, 3.05) is 38.6 Å². The number of carbonyl (C=O) groups is 1. The lowest BCUT2D eigenvalue weighted by atomic mass is 10.2. The van der Waals surface area contributed by atoms with Gasteiger partial charge in [-0.3, -0.25) is 9.69 Å². The van der Waals surface area contributed by atoms with Gasteiger partial charge in [0.25, 0.3) is 5.22 Å². The standard InChI is InChI=1S/C18H23ClN4O3S/c1-13(6-7-23-8-10-25-11-9-23)20-16(24)12-27-18-22-21-17(26-18)14-2-4-15(19)5-3-14/h2-5,13H,6-12H2,1H3,(H,20,24). The zero-order chi connectivity index (χ0) is 19.1. The molecule has 2 heterocycles. The van der Waals surface area contributed by atoms with E-state index in [0.717, 1.165) is 44.8 Å². The molecule has 1 aromatic heterocycles. The molecule has 1 aliphatic rings. The van der Waals surface area contributed by atoms with Crippen LogP contribution in [-0.2, 0) is 9.53 Å². The molecule has 7 nitrogen and oxygen atoms in total. The number of aromatic nitrogens is 2. The van der Waals surface area contributed by atoms with E-state index in [0.29, 0.717) is 16.1 Å². The quantitative estimate of drug-likeness (QED) is 0.670. The number of halogens is 1. The summed E-state index contributed by atoms with van der Waals surface area (Å²) in [5, 5.41) is 12.0. The summed E-state index contributed by atoms with van der Waals surface area (Å²) >= 11 is 7.10. The summed E-state index contributed by atoms with van der Waals surface area (Å²) < 4.78 is 10.9. The van der Waals surface area contributed by atoms with Crippen LogP contribution in [0, 0.1) is 0 Å². The number of benzene rings is 1. The van der Waals surface area contributed by atoms with E-state index in [-0.39, 0.29) is 17.7 Å². The van der Waals surface area contributed by atoms with Gasteiger partial charge in [0.05, 0.1) is 19.0 Å². The van der Waals surface area contributed by atoms with Crippen molar-refractivity contribution >= 4 is 29.3 Å². The van der Waals surface area contributed by atoms with Crippen LogP contribution in [0.2, 0.25) is 5.02 Å². The van der Waals surface area contributed by atoms with E-state index < -0.39 is 0 Å². The number of ether oxygens (including phenoxy) is 1. The molecule has 0 bridgehead atoms. The van der Waals surface area contributed by atoms with Crippen molar-refractivity contribution in [2.45, 2.75) is 24.6 Å². The first-order valence-corrected chi connectivity index (χ1v) is 10.3. The van der Waals surface area contributed by atoms with Gasteiger partial charge < -0.3 is 14.5 Å². The third-order valence-corrected chi connectivity index (χ3v) is 5.28. The highest BCUT2D eigenvalue weighted by Crippen LogP contribution is 2.24. The van der Waals surface area contributed by atoms with Gasteiger partial charge in [-0.25, -0.2) is 0 Å². The zero-order valence-electron chi connectivity index (χ0n) is 15.2. The fourth-order valence-corrected chi connectivity index (χ4v) is 3.39. The SMILES string of the molecule is CC(CCN1CCOCC1)NC(=O)CSc1nnc(-c2ccc(Cl)cc2)o1. The minimum atomic E-state index is -0.0410. The molecule has 1 unspecified atom stereocenters. The second-order valence-corrected chi connectivity index (χ2v) is 7.74. The van der Waals surface area contributed by atoms with Crippen molar-refractivity contribution in [1.82, 2.24) is 20.4 Å². The molecular weight excluding hydrogens is 388 g/mol. The molecule has 1 aromatic carbocycles. The number of hydrogen-bond donors (Lipinski definition) is 1. The maximum absolute atomic E-state index is 12.1. The number of thioether (sulfide) groups is 1. The van der Waals surface area contributed by atoms with Crippen LogP contribution >= 0.6 is 23.4 Å². The average Bonchev–Trinajstić information content (AvgIpc) is 3.15. The van der Waals surface area contributed by atoms with Gasteiger partial charge in [-0.1, -0.05) is 23.4 Å². The lowest BCUT2D eigenvalue weighted by molar-refractivity contribution is -0.119. The summed E-state index contributed by atoms with van der Waals surface area (Å²) in [7, 11) is 0. The third-order valence-electron chi connectivity index (χ3n) is 4.21. The third kappa shape index (κ3) is 6.49. The molecule has 1 aliphatic heterocycles. The highest BCUT2D eigenvalue weighted by molar-refractivity contribution is 7.99. The second-order valence-electron chi connectivity index (χ2n) is 6.38. The maximum Gasteiger partial charge on any atom is 0.277 e. The van der Waals surface area contributed by atoms with Gasteiger partial charge in [-0.2, -0.15) is 0 Å². The molecule has 1 fully saturated rings. The van der Waals surface area contributed by atoms with Gasteiger partial charge in [-0.05, 0) is 37.6 Å². The topological polar surface area (TPSA) is 80.5 Å². The highest BCUT2D eigenvalue weighted by atomic mass is 35.5. The van der Waals surface area contributed by atoms with Crippen LogP contribution in [0.15, 0.2) is 33.9 Å². The molecule has 27 heavy (non-hydrogen) atoms. The molecular formula is C18H23ClN4O3S. The summed E-state index contributed by atoms with van der Waals surface area (Å²) in [6.45, 7) is 6.49.